The normalized spacial score (nSPS) is 15.2. The summed E-state index contributed by atoms with van der Waals surface area (Å²) in [6.45, 7) is 0. The fourth-order valence-electron chi connectivity index (χ4n) is 4.32. The van der Waals surface area contributed by atoms with Gasteiger partial charge in [-0.3, -0.25) is 4.90 Å². The number of rotatable bonds is 7. The zero-order chi connectivity index (χ0) is 27.2. The maximum atomic E-state index is 13.3. The number of hydrogen-bond acceptors (Lipinski definition) is 8. The van der Waals surface area contributed by atoms with Crippen LogP contribution in [0.2, 0.25) is 5.02 Å². The SMILES string of the molecule is COC(=O)C1=C(C(=O)OC)N(c2ccccc2SCc2cccc(Cl)c2)C(N)=C(C#N)C1c1ccccc1. The number of nitrogens with two attached hydrogens (primary N) is 1. The van der Waals surface area contributed by atoms with Crippen LogP contribution in [0.5, 0.6) is 0 Å². The van der Waals surface area contributed by atoms with E-state index in [0.29, 0.717) is 22.0 Å². The monoisotopic (exact) mass is 545 g/mol. The molecule has 9 heteroatoms. The molecule has 4 rings (SSSR count). The van der Waals surface area contributed by atoms with Gasteiger partial charge in [0, 0.05) is 15.7 Å². The molecule has 0 saturated carbocycles. The molecule has 0 aromatic heterocycles. The third-order valence-corrected chi connectivity index (χ3v) is 7.37. The van der Waals surface area contributed by atoms with E-state index in [-0.39, 0.29) is 22.7 Å². The fraction of sp³-hybridized carbons (Fsp3) is 0.138. The van der Waals surface area contributed by atoms with Crippen LogP contribution in [0.15, 0.2) is 106 Å². The molecule has 2 N–H and O–H groups in total. The van der Waals surface area contributed by atoms with Gasteiger partial charge in [-0.1, -0.05) is 66.2 Å². The predicted octanol–water partition coefficient (Wildman–Crippen LogP) is 5.53. The first-order valence-electron chi connectivity index (χ1n) is 11.5. The lowest BCUT2D eigenvalue weighted by Crippen LogP contribution is -2.41. The first kappa shape index (κ1) is 26.9. The standard InChI is InChI=1S/C29H24ClN3O4S/c1-36-28(34)25-24(19-10-4-3-5-11-19)21(16-31)27(32)33(26(25)29(35)37-2)22-13-6-7-14-23(22)38-17-18-9-8-12-20(30)15-18/h3-15,24H,17,32H2,1-2H3. The highest BCUT2D eigenvalue weighted by molar-refractivity contribution is 7.98. The third-order valence-electron chi connectivity index (χ3n) is 6.00. The maximum absolute atomic E-state index is 13.3. The fourth-order valence-corrected chi connectivity index (χ4v) is 5.51. The van der Waals surface area contributed by atoms with Gasteiger partial charge in [0.25, 0.3) is 0 Å². The van der Waals surface area contributed by atoms with Gasteiger partial charge in [0.2, 0.25) is 0 Å². The summed E-state index contributed by atoms with van der Waals surface area (Å²) in [4.78, 5) is 28.7. The quantitative estimate of drug-likeness (QED) is 0.305. The third kappa shape index (κ3) is 5.25. The van der Waals surface area contributed by atoms with E-state index in [2.05, 4.69) is 6.07 Å². The van der Waals surface area contributed by atoms with Crippen LogP contribution in [-0.2, 0) is 24.8 Å². The number of hydrogen-bond donors (Lipinski definition) is 1. The van der Waals surface area contributed by atoms with E-state index in [1.165, 1.54) is 30.9 Å². The molecule has 1 heterocycles. The Morgan fingerprint density at radius 2 is 1.68 bits per heavy atom. The number of thioether (sulfide) groups is 1. The summed E-state index contributed by atoms with van der Waals surface area (Å²) in [7, 11) is 2.44. The molecule has 1 aliphatic heterocycles. The average molecular weight is 546 g/mol. The van der Waals surface area contributed by atoms with Crippen molar-refractivity contribution in [3.8, 4) is 6.07 Å². The molecular formula is C29H24ClN3O4S. The van der Waals surface area contributed by atoms with Gasteiger partial charge in [-0.05, 0) is 35.4 Å². The Hall–Kier alpha value is -4.19. The van der Waals surface area contributed by atoms with E-state index in [1.54, 1.807) is 42.5 Å². The number of para-hydroxylation sites is 1. The van der Waals surface area contributed by atoms with Gasteiger partial charge in [-0.15, -0.1) is 11.8 Å². The number of carbonyl (C=O) groups excluding carboxylic acids is 2. The van der Waals surface area contributed by atoms with Crippen molar-refractivity contribution in [1.82, 2.24) is 0 Å². The van der Waals surface area contributed by atoms with Crippen molar-refractivity contribution in [2.45, 2.75) is 16.6 Å². The van der Waals surface area contributed by atoms with Crippen LogP contribution in [-0.4, -0.2) is 26.2 Å². The molecule has 0 amide bonds. The molecule has 3 aromatic carbocycles. The van der Waals surface area contributed by atoms with Crippen molar-refractivity contribution in [2.75, 3.05) is 19.1 Å². The van der Waals surface area contributed by atoms with Crippen LogP contribution in [0.4, 0.5) is 5.69 Å². The Morgan fingerprint density at radius 1 is 1.00 bits per heavy atom. The van der Waals surface area contributed by atoms with Crippen molar-refractivity contribution in [2.24, 2.45) is 5.73 Å². The minimum absolute atomic E-state index is 0.0187. The summed E-state index contributed by atoms with van der Waals surface area (Å²) in [5.41, 5.74) is 8.72. The number of anilines is 1. The van der Waals surface area contributed by atoms with Crippen molar-refractivity contribution in [3.05, 3.63) is 118 Å². The molecule has 1 aliphatic rings. The van der Waals surface area contributed by atoms with Crippen LogP contribution < -0.4 is 10.6 Å². The number of carbonyl (C=O) groups is 2. The number of allylic oxidation sites excluding steroid dienone is 1. The van der Waals surface area contributed by atoms with Crippen molar-refractivity contribution in [3.63, 3.8) is 0 Å². The van der Waals surface area contributed by atoms with E-state index in [4.69, 9.17) is 26.8 Å². The summed E-state index contributed by atoms with van der Waals surface area (Å²) in [5.74, 6) is -1.89. The van der Waals surface area contributed by atoms with Gasteiger partial charge in [-0.25, -0.2) is 9.59 Å². The van der Waals surface area contributed by atoms with Crippen molar-refractivity contribution in [1.29, 1.82) is 5.26 Å². The predicted molar refractivity (Wildman–Crippen MR) is 147 cm³/mol. The van der Waals surface area contributed by atoms with Crippen LogP contribution >= 0.6 is 23.4 Å². The molecule has 38 heavy (non-hydrogen) atoms. The van der Waals surface area contributed by atoms with E-state index >= 15 is 0 Å². The highest BCUT2D eigenvalue weighted by atomic mass is 35.5. The molecule has 192 valence electrons. The highest BCUT2D eigenvalue weighted by Gasteiger charge is 2.43. The summed E-state index contributed by atoms with van der Waals surface area (Å²) in [6.07, 6.45) is 0. The number of methoxy groups -OCH3 is 2. The van der Waals surface area contributed by atoms with Gasteiger partial charge in [0.1, 0.15) is 11.5 Å². The minimum atomic E-state index is -0.926. The van der Waals surface area contributed by atoms with Crippen LogP contribution in [0.3, 0.4) is 0 Å². The lowest BCUT2D eigenvalue weighted by Gasteiger charge is -2.36. The topological polar surface area (TPSA) is 106 Å². The maximum Gasteiger partial charge on any atom is 0.355 e. The number of ether oxygens (including phenoxy) is 2. The second-order valence-corrected chi connectivity index (χ2v) is 9.68. The number of esters is 2. The number of nitriles is 1. The zero-order valence-corrected chi connectivity index (χ0v) is 22.3. The summed E-state index contributed by atoms with van der Waals surface area (Å²) in [5, 5.41) is 10.9. The van der Waals surface area contributed by atoms with E-state index in [9.17, 15) is 14.9 Å². The van der Waals surface area contributed by atoms with E-state index in [1.807, 2.05) is 36.4 Å². The number of nitrogens with zero attached hydrogens (tertiary/aromatic N) is 2. The van der Waals surface area contributed by atoms with Gasteiger partial charge < -0.3 is 15.2 Å². The molecule has 0 aliphatic carbocycles. The molecule has 7 nitrogen and oxygen atoms in total. The second-order valence-electron chi connectivity index (χ2n) is 8.22. The Bertz CT molecular complexity index is 1480. The molecule has 0 saturated heterocycles. The molecule has 0 spiro atoms. The number of halogens is 1. The van der Waals surface area contributed by atoms with Crippen LogP contribution in [0, 0.1) is 11.3 Å². The molecule has 3 aromatic rings. The van der Waals surface area contributed by atoms with Crippen LogP contribution in [0.1, 0.15) is 17.0 Å². The minimum Gasteiger partial charge on any atom is -0.466 e. The first-order chi connectivity index (χ1) is 18.4. The number of benzene rings is 3. The molecule has 0 radical (unpaired) electrons. The largest absolute Gasteiger partial charge is 0.466 e. The smallest absolute Gasteiger partial charge is 0.355 e. The first-order valence-corrected chi connectivity index (χ1v) is 12.9. The van der Waals surface area contributed by atoms with Gasteiger partial charge in [0.05, 0.1) is 43.0 Å². The second kappa shape index (κ2) is 11.9. The Labute approximate surface area is 230 Å². The Morgan fingerprint density at radius 3 is 2.34 bits per heavy atom. The Balaban J connectivity index is 1.93. The van der Waals surface area contributed by atoms with Crippen LogP contribution in [0.25, 0.3) is 0 Å². The molecule has 0 fully saturated rings. The van der Waals surface area contributed by atoms with E-state index < -0.39 is 17.9 Å². The Kier molecular flexibility index (Phi) is 8.41. The van der Waals surface area contributed by atoms with Gasteiger partial charge in [0.15, 0.2) is 0 Å². The molecule has 1 unspecified atom stereocenters. The van der Waals surface area contributed by atoms with Crippen molar-refractivity contribution < 1.29 is 19.1 Å². The molecular weight excluding hydrogens is 522 g/mol. The molecule has 1 atom stereocenters. The van der Waals surface area contributed by atoms with Gasteiger partial charge >= 0.3 is 11.9 Å². The lowest BCUT2D eigenvalue weighted by molar-refractivity contribution is -0.139. The highest BCUT2D eigenvalue weighted by Crippen LogP contribution is 2.45. The zero-order valence-electron chi connectivity index (χ0n) is 20.7. The lowest BCUT2D eigenvalue weighted by atomic mass is 9.81. The summed E-state index contributed by atoms with van der Waals surface area (Å²) < 4.78 is 10.2. The summed E-state index contributed by atoms with van der Waals surface area (Å²) >= 11 is 7.65. The van der Waals surface area contributed by atoms with Crippen molar-refractivity contribution >= 4 is 41.0 Å². The van der Waals surface area contributed by atoms with Gasteiger partial charge in [-0.2, -0.15) is 5.26 Å². The average Bonchev–Trinajstić information content (AvgIpc) is 2.95. The van der Waals surface area contributed by atoms with E-state index in [0.717, 1.165) is 10.5 Å². The molecule has 0 bridgehead atoms. The summed E-state index contributed by atoms with van der Waals surface area (Å²) in [6, 6.07) is 25.9.